The molecule has 1 aromatic rings. The third kappa shape index (κ3) is 4.17. The van der Waals surface area contributed by atoms with Crippen molar-refractivity contribution in [2.45, 2.75) is 13.3 Å². The van der Waals surface area contributed by atoms with E-state index < -0.39 is 24.0 Å². The lowest BCUT2D eigenvalue weighted by atomic mass is 10.1. The SMILES string of the molecule is CCOC(=O)C(=O)CC(=O)c1cc(Br)ccc1OC. The molecule has 0 aliphatic carbocycles. The van der Waals surface area contributed by atoms with Gasteiger partial charge in [-0.05, 0) is 25.1 Å². The molecular weight excluding hydrogens is 316 g/mol. The van der Waals surface area contributed by atoms with E-state index in [1.54, 1.807) is 25.1 Å². The lowest BCUT2D eigenvalue weighted by Gasteiger charge is -2.07. The molecule has 1 rings (SSSR count). The zero-order valence-electron chi connectivity index (χ0n) is 10.6. The second-order valence-corrected chi connectivity index (χ2v) is 4.50. The van der Waals surface area contributed by atoms with Crippen LogP contribution in [0.3, 0.4) is 0 Å². The van der Waals surface area contributed by atoms with Crippen molar-refractivity contribution < 1.29 is 23.9 Å². The Balaban J connectivity index is 2.86. The molecule has 0 atom stereocenters. The van der Waals surface area contributed by atoms with Crippen molar-refractivity contribution in [1.82, 2.24) is 0 Å². The number of esters is 1. The zero-order valence-corrected chi connectivity index (χ0v) is 12.2. The van der Waals surface area contributed by atoms with Gasteiger partial charge in [-0.2, -0.15) is 0 Å². The third-order valence-corrected chi connectivity index (χ3v) is 2.78. The van der Waals surface area contributed by atoms with Crippen LogP contribution in [0.15, 0.2) is 22.7 Å². The van der Waals surface area contributed by atoms with Gasteiger partial charge in [-0.25, -0.2) is 4.79 Å². The molecule has 0 unspecified atom stereocenters. The Kier molecular flexibility index (Phi) is 5.69. The van der Waals surface area contributed by atoms with Crippen molar-refractivity contribution in [2.75, 3.05) is 13.7 Å². The predicted molar refractivity (Wildman–Crippen MR) is 71.3 cm³/mol. The first-order chi connectivity index (χ1) is 8.99. The topological polar surface area (TPSA) is 69.7 Å². The number of ether oxygens (including phenoxy) is 2. The second kappa shape index (κ2) is 7.04. The van der Waals surface area contributed by atoms with Crippen molar-refractivity contribution in [3.05, 3.63) is 28.2 Å². The number of hydrogen-bond donors (Lipinski definition) is 0. The Morgan fingerprint density at radius 3 is 2.53 bits per heavy atom. The largest absolute Gasteiger partial charge is 0.496 e. The third-order valence-electron chi connectivity index (χ3n) is 2.29. The van der Waals surface area contributed by atoms with Crippen LogP contribution in [0.4, 0.5) is 0 Å². The first-order valence-electron chi connectivity index (χ1n) is 5.56. The average Bonchev–Trinajstić information content (AvgIpc) is 2.38. The maximum absolute atomic E-state index is 12.0. The maximum atomic E-state index is 12.0. The summed E-state index contributed by atoms with van der Waals surface area (Å²) in [6, 6.07) is 4.86. The summed E-state index contributed by atoms with van der Waals surface area (Å²) in [6.45, 7) is 1.68. The number of carbonyl (C=O) groups is 3. The highest BCUT2D eigenvalue weighted by atomic mass is 79.9. The van der Waals surface area contributed by atoms with Gasteiger partial charge in [0.15, 0.2) is 5.78 Å². The second-order valence-electron chi connectivity index (χ2n) is 3.59. The molecule has 0 aliphatic heterocycles. The van der Waals surface area contributed by atoms with E-state index in [0.29, 0.717) is 10.2 Å². The van der Waals surface area contributed by atoms with Gasteiger partial charge in [0, 0.05) is 4.47 Å². The Morgan fingerprint density at radius 1 is 1.26 bits per heavy atom. The van der Waals surface area contributed by atoms with Crippen molar-refractivity contribution >= 4 is 33.5 Å². The van der Waals surface area contributed by atoms with Gasteiger partial charge in [-0.15, -0.1) is 0 Å². The van der Waals surface area contributed by atoms with Crippen LogP contribution in [-0.2, 0) is 14.3 Å². The summed E-state index contributed by atoms with van der Waals surface area (Å²) in [4.78, 5) is 34.6. The van der Waals surface area contributed by atoms with E-state index in [1.165, 1.54) is 7.11 Å². The molecule has 0 fully saturated rings. The first-order valence-corrected chi connectivity index (χ1v) is 6.35. The van der Waals surface area contributed by atoms with E-state index in [1.807, 2.05) is 0 Å². The van der Waals surface area contributed by atoms with E-state index in [0.717, 1.165) is 0 Å². The van der Waals surface area contributed by atoms with Gasteiger partial charge >= 0.3 is 5.97 Å². The lowest BCUT2D eigenvalue weighted by Crippen LogP contribution is -2.20. The normalized spacial score (nSPS) is 9.84. The summed E-state index contributed by atoms with van der Waals surface area (Å²) in [5, 5.41) is 0. The van der Waals surface area contributed by atoms with Crippen LogP contribution in [0, 0.1) is 0 Å². The Morgan fingerprint density at radius 2 is 1.95 bits per heavy atom. The number of rotatable bonds is 6. The van der Waals surface area contributed by atoms with Crippen molar-refractivity contribution in [2.24, 2.45) is 0 Å². The van der Waals surface area contributed by atoms with E-state index in [9.17, 15) is 14.4 Å². The summed E-state index contributed by atoms with van der Waals surface area (Å²) < 4.78 is 10.3. The Labute approximate surface area is 119 Å². The monoisotopic (exact) mass is 328 g/mol. The number of benzene rings is 1. The number of methoxy groups -OCH3 is 1. The van der Waals surface area contributed by atoms with Crippen LogP contribution in [0.1, 0.15) is 23.7 Å². The molecule has 19 heavy (non-hydrogen) atoms. The first kappa shape index (κ1) is 15.4. The molecular formula is C13H13BrO5. The lowest BCUT2D eigenvalue weighted by molar-refractivity contribution is -0.153. The van der Waals surface area contributed by atoms with Crippen LogP contribution < -0.4 is 4.74 Å². The molecule has 6 heteroatoms. The molecule has 0 heterocycles. The number of ketones is 2. The maximum Gasteiger partial charge on any atom is 0.375 e. The minimum Gasteiger partial charge on any atom is -0.496 e. The number of Topliss-reactive ketones (excluding diaryl/α,β-unsaturated/α-hetero) is 2. The van der Waals surface area contributed by atoms with Gasteiger partial charge < -0.3 is 9.47 Å². The molecule has 0 saturated carbocycles. The molecule has 0 aromatic heterocycles. The molecule has 0 amide bonds. The zero-order chi connectivity index (χ0) is 14.4. The Bertz CT molecular complexity index is 510. The molecule has 0 saturated heterocycles. The van der Waals surface area contributed by atoms with Gasteiger partial charge in [0.2, 0.25) is 5.78 Å². The quantitative estimate of drug-likeness (QED) is 0.346. The van der Waals surface area contributed by atoms with Crippen molar-refractivity contribution in [3.63, 3.8) is 0 Å². The fourth-order valence-electron chi connectivity index (χ4n) is 1.42. The molecule has 5 nitrogen and oxygen atoms in total. The van der Waals surface area contributed by atoms with E-state index in [4.69, 9.17) is 4.74 Å². The van der Waals surface area contributed by atoms with Crippen LogP contribution >= 0.6 is 15.9 Å². The Hall–Kier alpha value is -1.69. The van der Waals surface area contributed by atoms with Crippen LogP contribution in [-0.4, -0.2) is 31.3 Å². The van der Waals surface area contributed by atoms with Gasteiger partial charge in [0.05, 0.1) is 25.7 Å². The highest BCUT2D eigenvalue weighted by Crippen LogP contribution is 2.24. The predicted octanol–water partition coefficient (Wildman–Crippen LogP) is 2.16. The summed E-state index contributed by atoms with van der Waals surface area (Å²) >= 11 is 3.23. The fourth-order valence-corrected chi connectivity index (χ4v) is 1.78. The highest BCUT2D eigenvalue weighted by molar-refractivity contribution is 9.10. The van der Waals surface area contributed by atoms with E-state index in [2.05, 4.69) is 20.7 Å². The fraction of sp³-hybridized carbons (Fsp3) is 0.308. The van der Waals surface area contributed by atoms with Gasteiger partial charge in [-0.1, -0.05) is 15.9 Å². The molecule has 102 valence electrons. The molecule has 1 aromatic carbocycles. The molecule has 0 spiro atoms. The highest BCUT2D eigenvalue weighted by Gasteiger charge is 2.22. The summed E-state index contributed by atoms with van der Waals surface area (Å²) in [7, 11) is 1.42. The van der Waals surface area contributed by atoms with Gasteiger partial charge in [0.25, 0.3) is 0 Å². The van der Waals surface area contributed by atoms with Crippen LogP contribution in [0.25, 0.3) is 0 Å². The van der Waals surface area contributed by atoms with Gasteiger partial charge in [-0.3, -0.25) is 9.59 Å². The van der Waals surface area contributed by atoms with E-state index >= 15 is 0 Å². The summed E-state index contributed by atoms with van der Waals surface area (Å²) in [5.41, 5.74) is 0.245. The van der Waals surface area contributed by atoms with Crippen LogP contribution in [0.5, 0.6) is 5.75 Å². The summed E-state index contributed by atoms with van der Waals surface area (Å²) in [6.07, 6.45) is -0.536. The molecule has 0 N–H and O–H groups in total. The average molecular weight is 329 g/mol. The number of halogens is 1. The number of hydrogen-bond acceptors (Lipinski definition) is 5. The van der Waals surface area contributed by atoms with E-state index in [-0.39, 0.29) is 12.2 Å². The standard InChI is InChI=1S/C13H13BrO5/c1-3-19-13(17)11(16)7-10(15)9-6-8(14)4-5-12(9)18-2/h4-6H,3,7H2,1-2H3. The van der Waals surface area contributed by atoms with Gasteiger partial charge in [0.1, 0.15) is 5.75 Å². The van der Waals surface area contributed by atoms with Crippen LogP contribution in [0.2, 0.25) is 0 Å². The van der Waals surface area contributed by atoms with Crippen molar-refractivity contribution in [3.8, 4) is 5.75 Å². The molecule has 0 bridgehead atoms. The minimum absolute atomic E-state index is 0.0962. The minimum atomic E-state index is -0.996. The molecule has 0 aliphatic rings. The molecule has 0 radical (unpaired) electrons. The van der Waals surface area contributed by atoms with Crippen molar-refractivity contribution in [1.29, 1.82) is 0 Å². The number of carbonyl (C=O) groups excluding carboxylic acids is 3. The smallest absolute Gasteiger partial charge is 0.375 e. The summed E-state index contributed by atoms with van der Waals surface area (Å²) in [5.74, 6) is -2.00.